The predicted molar refractivity (Wildman–Crippen MR) is 71.8 cm³/mol. The number of nitrogens with zero attached hydrogens (tertiary/aromatic N) is 2. The van der Waals surface area contributed by atoms with Crippen molar-refractivity contribution in [3.63, 3.8) is 0 Å². The summed E-state index contributed by atoms with van der Waals surface area (Å²) in [4.78, 5) is 0. The second-order valence-electron chi connectivity index (χ2n) is 4.70. The summed E-state index contributed by atoms with van der Waals surface area (Å²) < 4.78 is 0. The van der Waals surface area contributed by atoms with E-state index in [-0.39, 0.29) is 0 Å². The molecule has 2 nitrogen and oxygen atoms in total. The van der Waals surface area contributed by atoms with E-state index in [1.54, 1.807) is 0 Å². The molecule has 3 rings (SSSR count). The van der Waals surface area contributed by atoms with Gasteiger partial charge in [0.1, 0.15) is 0 Å². The van der Waals surface area contributed by atoms with Crippen LogP contribution in [0.2, 0.25) is 0 Å². The number of rotatable bonds is 3. The summed E-state index contributed by atoms with van der Waals surface area (Å²) in [5, 5.41) is 6.98. The maximum Gasteiger partial charge on any atom is 0.0688 e. The van der Waals surface area contributed by atoms with Gasteiger partial charge in [-0.25, -0.2) is 0 Å². The van der Waals surface area contributed by atoms with Crippen LogP contribution in [0.3, 0.4) is 0 Å². The zero-order chi connectivity index (χ0) is 11.7. The fourth-order valence-electron chi connectivity index (χ4n) is 2.59. The summed E-state index contributed by atoms with van der Waals surface area (Å²) in [6.45, 7) is 3.27. The normalized spacial score (nSPS) is 17.4. The number of hydrazone groups is 1. The first-order valence-corrected chi connectivity index (χ1v) is 6.55. The van der Waals surface area contributed by atoms with Crippen LogP contribution in [0, 0.1) is 0 Å². The minimum atomic E-state index is 1.04. The molecule has 0 spiro atoms. The molecule has 88 valence electrons. The number of fused-ring (bicyclic) bond motifs is 3. The highest BCUT2D eigenvalue weighted by molar-refractivity contribution is 6.06. The highest BCUT2D eigenvalue weighted by Gasteiger charge is 2.25. The van der Waals surface area contributed by atoms with E-state index in [0.717, 1.165) is 19.4 Å². The number of benzene rings is 1. The van der Waals surface area contributed by atoms with Crippen molar-refractivity contribution in [2.45, 2.75) is 32.6 Å². The number of hydrogen-bond acceptors (Lipinski definition) is 2. The summed E-state index contributed by atoms with van der Waals surface area (Å²) in [6, 6.07) is 8.67. The van der Waals surface area contributed by atoms with Crippen molar-refractivity contribution in [1.82, 2.24) is 5.01 Å². The van der Waals surface area contributed by atoms with E-state index >= 15 is 0 Å². The molecule has 0 aromatic heterocycles. The lowest BCUT2D eigenvalue weighted by Crippen LogP contribution is -2.22. The van der Waals surface area contributed by atoms with Gasteiger partial charge in [0.05, 0.1) is 11.4 Å². The van der Waals surface area contributed by atoms with E-state index in [9.17, 15) is 0 Å². The highest BCUT2D eigenvalue weighted by atomic mass is 15.5. The minimum absolute atomic E-state index is 1.04. The Labute approximate surface area is 103 Å². The molecule has 0 bridgehead atoms. The maximum atomic E-state index is 4.80. The lowest BCUT2D eigenvalue weighted by Gasteiger charge is -2.26. The standard InChI is InChI=1S/C15H18N2/c1-2-3-9-14-12-7-4-5-8-13(12)15-10-6-11-17(15)16-14/h4-5,7-8,10H,2-3,6,9,11H2,1H3. The largest absolute Gasteiger partial charge is 0.265 e. The average Bonchev–Trinajstić information content (AvgIpc) is 2.84. The number of hydrogen-bond donors (Lipinski definition) is 0. The summed E-state index contributed by atoms with van der Waals surface area (Å²) in [7, 11) is 0. The Balaban J connectivity index is 2.03. The molecule has 2 aliphatic rings. The molecule has 0 amide bonds. The molecule has 1 aromatic carbocycles. The fraction of sp³-hybridized carbons (Fsp3) is 0.400. The van der Waals surface area contributed by atoms with Crippen LogP contribution in [0.25, 0.3) is 5.70 Å². The van der Waals surface area contributed by atoms with Crippen molar-refractivity contribution in [3.8, 4) is 0 Å². The van der Waals surface area contributed by atoms with Gasteiger partial charge in [-0.3, -0.25) is 5.01 Å². The van der Waals surface area contributed by atoms with Gasteiger partial charge < -0.3 is 0 Å². The van der Waals surface area contributed by atoms with Gasteiger partial charge in [-0.15, -0.1) is 0 Å². The molecule has 0 N–H and O–H groups in total. The molecule has 2 heteroatoms. The molecule has 17 heavy (non-hydrogen) atoms. The van der Waals surface area contributed by atoms with Gasteiger partial charge >= 0.3 is 0 Å². The Morgan fingerprint density at radius 2 is 2.06 bits per heavy atom. The monoisotopic (exact) mass is 226 g/mol. The Bertz CT molecular complexity index is 485. The van der Waals surface area contributed by atoms with E-state index in [1.165, 1.54) is 35.4 Å². The Morgan fingerprint density at radius 1 is 1.24 bits per heavy atom. The lowest BCUT2D eigenvalue weighted by molar-refractivity contribution is 0.448. The summed E-state index contributed by atoms with van der Waals surface area (Å²) in [5.74, 6) is 0. The van der Waals surface area contributed by atoms with E-state index < -0.39 is 0 Å². The molecule has 1 aromatic rings. The van der Waals surface area contributed by atoms with Crippen LogP contribution in [-0.2, 0) is 0 Å². The van der Waals surface area contributed by atoms with Crippen molar-refractivity contribution >= 4 is 11.4 Å². The van der Waals surface area contributed by atoms with E-state index in [1.807, 2.05) is 0 Å². The Hall–Kier alpha value is -1.57. The lowest BCUT2D eigenvalue weighted by atomic mass is 9.96. The fourth-order valence-corrected chi connectivity index (χ4v) is 2.59. The quantitative estimate of drug-likeness (QED) is 0.768. The first kappa shape index (κ1) is 10.6. The molecular weight excluding hydrogens is 208 g/mol. The van der Waals surface area contributed by atoms with Gasteiger partial charge in [0.25, 0.3) is 0 Å². The molecule has 0 aliphatic carbocycles. The predicted octanol–water partition coefficient (Wildman–Crippen LogP) is 3.64. The average molecular weight is 226 g/mol. The SMILES string of the molecule is CCCCC1=NN2CCC=C2c2ccccc21. The molecule has 0 fully saturated rings. The van der Waals surface area contributed by atoms with Gasteiger partial charge in [-0.1, -0.05) is 43.7 Å². The number of unbranched alkanes of at least 4 members (excludes halogenated alkanes) is 1. The molecule has 2 aliphatic heterocycles. The summed E-state index contributed by atoms with van der Waals surface area (Å²) in [5.41, 5.74) is 5.28. The highest BCUT2D eigenvalue weighted by Crippen LogP contribution is 2.33. The van der Waals surface area contributed by atoms with Gasteiger partial charge in [0.15, 0.2) is 0 Å². The van der Waals surface area contributed by atoms with Crippen LogP contribution < -0.4 is 0 Å². The summed E-state index contributed by atoms with van der Waals surface area (Å²) >= 11 is 0. The first-order valence-electron chi connectivity index (χ1n) is 6.55. The zero-order valence-corrected chi connectivity index (χ0v) is 10.3. The van der Waals surface area contributed by atoms with Crippen molar-refractivity contribution in [2.24, 2.45) is 5.10 Å². The van der Waals surface area contributed by atoms with Gasteiger partial charge in [0.2, 0.25) is 0 Å². The molecular formula is C15H18N2. The second kappa shape index (κ2) is 4.36. The van der Waals surface area contributed by atoms with Gasteiger partial charge in [-0.05, 0) is 19.3 Å². The van der Waals surface area contributed by atoms with Crippen molar-refractivity contribution in [3.05, 3.63) is 41.5 Å². The van der Waals surface area contributed by atoms with Gasteiger partial charge in [-0.2, -0.15) is 5.10 Å². The van der Waals surface area contributed by atoms with Crippen LogP contribution in [0.4, 0.5) is 0 Å². The molecule has 0 saturated heterocycles. The Kier molecular flexibility index (Phi) is 2.71. The van der Waals surface area contributed by atoms with Crippen molar-refractivity contribution < 1.29 is 0 Å². The summed E-state index contributed by atoms with van der Waals surface area (Å²) in [6.07, 6.45) is 6.97. The van der Waals surface area contributed by atoms with E-state index in [2.05, 4.69) is 42.3 Å². The third-order valence-corrected chi connectivity index (χ3v) is 3.48. The molecule has 0 unspecified atom stereocenters. The van der Waals surface area contributed by atoms with Crippen LogP contribution in [0.5, 0.6) is 0 Å². The minimum Gasteiger partial charge on any atom is -0.265 e. The topological polar surface area (TPSA) is 15.6 Å². The third kappa shape index (κ3) is 1.78. The molecule has 0 saturated carbocycles. The van der Waals surface area contributed by atoms with Gasteiger partial charge in [0, 0.05) is 17.7 Å². The van der Waals surface area contributed by atoms with E-state index in [4.69, 9.17) is 5.10 Å². The molecule has 0 atom stereocenters. The van der Waals surface area contributed by atoms with Crippen LogP contribution in [-0.4, -0.2) is 17.3 Å². The molecule has 0 radical (unpaired) electrons. The van der Waals surface area contributed by atoms with Crippen molar-refractivity contribution in [1.29, 1.82) is 0 Å². The van der Waals surface area contributed by atoms with Crippen LogP contribution in [0.15, 0.2) is 35.4 Å². The molecule has 2 heterocycles. The first-order chi connectivity index (χ1) is 8.40. The zero-order valence-electron chi connectivity index (χ0n) is 10.3. The van der Waals surface area contributed by atoms with Crippen LogP contribution in [0.1, 0.15) is 43.7 Å². The third-order valence-electron chi connectivity index (χ3n) is 3.48. The maximum absolute atomic E-state index is 4.80. The van der Waals surface area contributed by atoms with E-state index in [0.29, 0.717) is 0 Å². The Morgan fingerprint density at radius 3 is 2.88 bits per heavy atom. The second-order valence-corrected chi connectivity index (χ2v) is 4.70. The van der Waals surface area contributed by atoms with Crippen LogP contribution >= 0.6 is 0 Å². The smallest absolute Gasteiger partial charge is 0.0688 e. The van der Waals surface area contributed by atoms with Crippen molar-refractivity contribution in [2.75, 3.05) is 6.54 Å².